The lowest BCUT2D eigenvalue weighted by Crippen LogP contribution is -1.93. The normalized spacial score (nSPS) is 11.5. The number of nitrogens with zero attached hydrogens (tertiary/aromatic N) is 4. The Labute approximate surface area is 136 Å². The van der Waals surface area contributed by atoms with Gasteiger partial charge in [0.15, 0.2) is 0 Å². The van der Waals surface area contributed by atoms with Gasteiger partial charge in [-0.3, -0.25) is 0 Å². The van der Waals surface area contributed by atoms with E-state index >= 15 is 0 Å². The van der Waals surface area contributed by atoms with Crippen LogP contribution in [0.25, 0.3) is 23.9 Å². The third-order valence-electron chi connectivity index (χ3n) is 2.93. The van der Waals surface area contributed by atoms with Crippen LogP contribution in [0.2, 0.25) is 0 Å². The molecule has 0 saturated carbocycles. The first-order valence-corrected chi connectivity index (χ1v) is 7.52. The zero-order valence-corrected chi connectivity index (χ0v) is 12.7. The molecular weight excluding hydrogens is 312 g/mol. The van der Waals surface area contributed by atoms with E-state index in [4.69, 9.17) is 5.11 Å². The van der Waals surface area contributed by atoms with E-state index in [-0.39, 0.29) is 0 Å². The summed E-state index contributed by atoms with van der Waals surface area (Å²) < 4.78 is 1.69. The molecule has 0 aliphatic carbocycles. The Morgan fingerprint density at radius 2 is 2.00 bits per heavy atom. The van der Waals surface area contributed by atoms with Crippen molar-refractivity contribution in [2.45, 2.75) is 0 Å². The first-order chi connectivity index (χ1) is 11.2. The molecule has 0 aliphatic heterocycles. The fourth-order valence-corrected chi connectivity index (χ4v) is 2.58. The second kappa shape index (κ2) is 6.80. The summed E-state index contributed by atoms with van der Waals surface area (Å²) in [4.78, 5) is 19.4. The second-order valence-corrected chi connectivity index (χ2v) is 5.63. The minimum Gasteiger partial charge on any atom is -0.478 e. The van der Waals surface area contributed by atoms with E-state index in [1.807, 2.05) is 36.4 Å². The van der Waals surface area contributed by atoms with Gasteiger partial charge in [-0.1, -0.05) is 18.2 Å². The molecule has 1 aromatic carbocycles. The Kier molecular flexibility index (Phi) is 4.39. The van der Waals surface area contributed by atoms with Crippen LogP contribution in [0.15, 0.2) is 49.2 Å². The quantitative estimate of drug-likeness (QED) is 0.730. The van der Waals surface area contributed by atoms with E-state index < -0.39 is 5.97 Å². The molecule has 6 nitrogen and oxygen atoms in total. The highest BCUT2D eigenvalue weighted by Gasteiger charge is 1.98. The zero-order valence-electron chi connectivity index (χ0n) is 11.9. The summed E-state index contributed by atoms with van der Waals surface area (Å²) in [5.41, 5.74) is 1.97. The average molecular weight is 324 g/mol. The van der Waals surface area contributed by atoms with Crippen molar-refractivity contribution in [3.8, 4) is 5.69 Å². The van der Waals surface area contributed by atoms with Crippen molar-refractivity contribution in [2.75, 3.05) is 0 Å². The highest BCUT2D eigenvalue weighted by molar-refractivity contribution is 7.13. The molecule has 2 heterocycles. The molecule has 23 heavy (non-hydrogen) atoms. The monoisotopic (exact) mass is 324 g/mol. The Balaban J connectivity index is 1.69. The fourth-order valence-electron chi connectivity index (χ4n) is 1.86. The number of rotatable bonds is 5. The third-order valence-corrected chi connectivity index (χ3v) is 3.85. The molecule has 1 N–H and O–H groups in total. The number of benzene rings is 1. The average Bonchev–Trinajstić information content (AvgIpc) is 3.23. The van der Waals surface area contributed by atoms with Gasteiger partial charge in [0.1, 0.15) is 17.7 Å². The van der Waals surface area contributed by atoms with Gasteiger partial charge in [0.25, 0.3) is 0 Å². The van der Waals surface area contributed by atoms with Crippen LogP contribution >= 0.6 is 11.3 Å². The standard InChI is InChI=1S/C16H12N4O2S/c21-16(22)8-6-14-9-18-15(23-14)7-3-12-1-4-13(5-2-12)20-11-17-10-19-20/h1-11H,(H,21,22)/b7-3+,8-6+. The maximum Gasteiger partial charge on any atom is 0.328 e. The maximum atomic E-state index is 10.5. The fraction of sp³-hybridized carbons (Fsp3) is 0. The number of hydrogen-bond donors (Lipinski definition) is 1. The van der Waals surface area contributed by atoms with Crippen LogP contribution < -0.4 is 0 Å². The molecule has 7 heteroatoms. The van der Waals surface area contributed by atoms with E-state index in [9.17, 15) is 4.79 Å². The van der Waals surface area contributed by atoms with Crippen LogP contribution in [0.5, 0.6) is 0 Å². The molecule has 0 aliphatic rings. The summed E-state index contributed by atoms with van der Waals surface area (Å²) in [6.07, 6.45) is 11.3. The Bertz CT molecular complexity index is 849. The summed E-state index contributed by atoms with van der Waals surface area (Å²) in [7, 11) is 0. The zero-order chi connectivity index (χ0) is 16.1. The minimum atomic E-state index is -0.969. The summed E-state index contributed by atoms with van der Waals surface area (Å²) >= 11 is 1.42. The van der Waals surface area contributed by atoms with Gasteiger partial charge in [0.2, 0.25) is 0 Å². The Morgan fingerprint density at radius 1 is 1.17 bits per heavy atom. The summed E-state index contributed by atoms with van der Waals surface area (Å²) in [6, 6.07) is 7.87. The molecule has 0 bridgehead atoms. The van der Waals surface area contributed by atoms with Gasteiger partial charge in [0, 0.05) is 17.2 Å². The first kappa shape index (κ1) is 14.9. The van der Waals surface area contributed by atoms with Crippen molar-refractivity contribution >= 4 is 35.5 Å². The van der Waals surface area contributed by atoms with Crippen LogP contribution in [0.3, 0.4) is 0 Å². The number of thiazole rings is 1. The van der Waals surface area contributed by atoms with Crippen molar-refractivity contribution in [2.24, 2.45) is 0 Å². The molecule has 114 valence electrons. The van der Waals surface area contributed by atoms with E-state index in [1.54, 1.807) is 17.2 Å². The first-order valence-electron chi connectivity index (χ1n) is 6.71. The van der Waals surface area contributed by atoms with Gasteiger partial charge in [-0.2, -0.15) is 5.10 Å². The topological polar surface area (TPSA) is 80.9 Å². The largest absolute Gasteiger partial charge is 0.478 e. The predicted molar refractivity (Wildman–Crippen MR) is 89.1 cm³/mol. The summed E-state index contributed by atoms with van der Waals surface area (Å²) in [5, 5.41) is 13.5. The van der Waals surface area contributed by atoms with E-state index in [0.29, 0.717) is 0 Å². The molecule has 0 spiro atoms. The van der Waals surface area contributed by atoms with Gasteiger partial charge in [-0.15, -0.1) is 11.3 Å². The Hall–Kier alpha value is -3.06. The molecule has 0 atom stereocenters. The molecule has 0 saturated heterocycles. The van der Waals surface area contributed by atoms with Gasteiger partial charge in [-0.05, 0) is 29.8 Å². The van der Waals surface area contributed by atoms with Crippen molar-refractivity contribution < 1.29 is 9.90 Å². The molecule has 0 unspecified atom stereocenters. The molecule has 0 amide bonds. The highest BCUT2D eigenvalue weighted by Crippen LogP contribution is 2.18. The van der Waals surface area contributed by atoms with Gasteiger partial charge in [-0.25, -0.2) is 19.4 Å². The molecule has 0 fully saturated rings. The SMILES string of the molecule is O=C(O)/C=C/c1cnc(/C=C/c2ccc(-n3cncn3)cc2)s1. The molecule has 3 rings (SSSR count). The second-order valence-electron chi connectivity index (χ2n) is 4.54. The van der Waals surface area contributed by atoms with Crippen LogP contribution in [0.4, 0.5) is 0 Å². The van der Waals surface area contributed by atoms with Gasteiger partial charge < -0.3 is 5.11 Å². The van der Waals surface area contributed by atoms with Gasteiger partial charge in [0.05, 0.1) is 5.69 Å². The molecular formula is C16H12N4O2S. The number of aromatic nitrogens is 4. The minimum absolute atomic E-state index is 0.800. The third kappa shape index (κ3) is 3.98. The number of hydrogen-bond acceptors (Lipinski definition) is 5. The van der Waals surface area contributed by atoms with Crippen molar-refractivity contribution in [1.29, 1.82) is 0 Å². The number of carboxylic acid groups (broad SMARTS) is 1. The van der Waals surface area contributed by atoms with E-state index in [1.165, 1.54) is 23.7 Å². The van der Waals surface area contributed by atoms with E-state index in [2.05, 4.69) is 15.1 Å². The van der Waals surface area contributed by atoms with Crippen molar-refractivity contribution in [3.05, 3.63) is 64.6 Å². The molecule has 0 radical (unpaired) electrons. The van der Waals surface area contributed by atoms with Crippen molar-refractivity contribution in [1.82, 2.24) is 19.7 Å². The number of carboxylic acids is 1. The lowest BCUT2D eigenvalue weighted by molar-refractivity contribution is -0.131. The van der Waals surface area contributed by atoms with Crippen LogP contribution in [0, 0.1) is 0 Å². The smallest absolute Gasteiger partial charge is 0.328 e. The summed E-state index contributed by atoms with van der Waals surface area (Å²) in [5.74, 6) is -0.969. The van der Waals surface area contributed by atoms with Crippen LogP contribution in [0.1, 0.15) is 15.4 Å². The van der Waals surface area contributed by atoms with Crippen LogP contribution in [-0.2, 0) is 4.79 Å². The Morgan fingerprint density at radius 3 is 2.70 bits per heavy atom. The number of aliphatic carboxylic acids is 1. The van der Waals surface area contributed by atoms with E-state index in [0.717, 1.165) is 27.2 Å². The maximum absolute atomic E-state index is 10.5. The van der Waals surface area contributed by atoms with Crippen LogP contribution in [-0.4, -0.2) is 30.8 Å². The lowest BCUT2D eigenvalue weighted by Gasteiger charge is -2.00. The number of carbonyl (C=O) groups is 1. The predicted octanol–water partition coefficient (Wildman–Crippen LogP) is 2.99. The van der Waals surface area contributed by atoms with Gasteiger partial charge >= 0.3 is 5.97 Å². The highest BCUT2D eigenvalue weighted by atomic mass is 32.1. The van der Waals surface area contributed by atoms with Crippen molar-refractivity contribution in [3.63, 3.8) is 0 Å². The molecule has 2 aromatic heterocycles. The molecule has 3 aromatic rings. The summed E-state index contributed by atoms with van der Waals surface area (Å²) in [6.45, 7) is 0. The lowest BCUT2D eigenvalue weighted by atomic mass is 10.2.